The summed E-state index contributed by atoms with van der Waals surface area (Å²) < 4.78 is 38.1. The minimum absolute atomic E-state index is 0.0601. The summed E-state index contributed by atoms with van der Waals surface area (Å²) in [5.74, 6) is -2.21. The zero-order valence-corrected chi connectivity index (χ0v) is 11.3. The lowest BCUT2D eigenvalue weighted by Gasteiger charge is -2.38. The molecule has 1 saturated carbocycles. The number of halogens is 3. The standard InChI is InChI=1S/C14H20F3NO2/c15-14(16,17)8-1-3-9(4-2-8)18-10-5-6-12(18)11(7-10)13(19)20/h8-12H,1-7H2,(H,19,20). The Morgan fingerprint density at radius 1 is 1.00 bits per heavy atom. The summed E-state index contributed by atoms with van der Waals surface area (Å²) in [7, 11) is 0. The van der Waals surface area contributed by atoms with Gasteiger partial charge in [-0.15, -0.1) is 0 Å². The molecule has 1 aliphatic carbocycles. The Balaban J connectivity index is 1.63. The van der Waals surface area contributed by atoms with Crippen molar-refractivity contribution >= 4 is 5.97 Å². The molecule has 3 unspecified atom stereocenters. The van der Waals surface area contributed by atoms with Crippen molar-refractivity contribution in [2.75, 3.05) is 0 Å². The van der Waals surface area contributed by atoms with E-state index in [1.165, 1.54) is 0 Å². The van der Waals surface area contributed by atoms with E-state index in [9.17, 15) is 23.1 Å². The lowest BCUT2D eigenvalue weighted by Crippen LogP contribution is -2.44. The first-order valence-corrected chi connectivity index (χ1v) is 7.45. The van der Waals surface area contributed by atoms with Gasteiger partial charge < -0.3 is 5.11 Å². The third kappa shape index (κ3) is 2.32. The molecule has 3 rings (SSSR count). The quantitative estimate of drug-likeness (QED) is 0.850. The van der Waals surface area contributed by atoms with E-state index < -0.39 is 18.1 Å². The van der Waals surface area contributed by atoms with Crippen LogP contribution >= 0.6 is 0 Å². The second-order valence-electron chi connectivity index (χ2n) is 6.47. The summed E-state index contributed by atoms with van der Waals surface area (Å²) in [6, 6.07) is 0.508. The smallest absolute Gasteiger partial charge is 0.391 e. The lowest BCUT2D eigenvalue weighted by atomic mass is 9.84. The molecule has 20 heavy (non-hydrogen) atoms. The number of rotatable bonds is 2. The third-order valence-electron chi connectivity index (χ3n) is 5.49. The van der Waals surface area contributed by atoms with Crippen molar-refractivity contribution in [1.82, 2.24) is 4.90 Å². The molecule has 1 N–H and O–H groups in total. The van der Waals surface area contributed by atoms with Gasteiger partial charge in [0.2, 0.25) is 0 Å². The van der Waals surface area contributed by atoms with Crippen LogP contribution in [0.25, 0.3) is 0 Å². The van der Waals surface area contributed by atoms with Crippen LogP contribution < -0.4 is 0 Å². The molecule has 2 bridgehead atoms. The molecular weight excluding hydrogens is 271 g/mol. The molecule has 0 amide bonds. The van der Waals surface area contributed by atoms with Gasteiger partial charge in [0, 0.05) is 18.1 Å². The normalized spacial score (nSPS) is 42.0. The second-order valence-corrected chi connectivity index (χ2v) is 6.47. The minimum atomic E-state index is -4.07. The largest absolute Gasteiger partial charge is 0.481 e. The fourth-order valence-corrected chi connectivity index (χ4v) is 4.57. The number of alkyl halides is 3. The first-order valence-electron chi connectivity index (χ1n) is 7.45. The predicted molar refractivity (Wildman–Crippen MR) is 66.2 cm³/mol. The van der Waals surface area contributed by atoms with Crippen LogP contribution in [-0.2, 0) is 4.79 Å². The van der Waals surface area contributed by atoms with Crippen molar-refractivity contribution in [2.24, 2.45) is 11.8 Å². The van der Waals surface area contributed by atoms with Crippen molar-refractivity contribution in [3.8, 4) is 0 Å². The van der Waals surface area contributed by atoms with Crippen molar-refractivity contribution in [3.05, 3.63) is 0 Å². The summed E-state index contributed by atoms with van der Waals surface area (Å²) in [5, 5.41) is 9.22. The van der Waals surface area contributed by atoms with Crippen LogP contribution in [0.15, 0.2) is 0 Å². The molecule has 3 atom stereocenters. The molecule has 0 spiro atoms. The number of carboxylic acids is 1. The first-order chi connectivity index (χ1) is 9.38. The molecule has 0 radical (unpaired) electrons. The highest BCUT2D eigenvalue weighted by molar-refractivity contribution is 5.71. The van der Waals surface area contributed by atoms with Crippen LogP contribution in [-0.4, -0.2) is 40.3 Å². The van der Waals surface area contributed by atoms with Crippen LogP contribution in [0.5, 0.6) is 0 Å². The Kier molecular flexibility index (Phi) is 3.47. The monoisotopic (exact) mass is 291 g/mol. The zero-order valence-electron chi connectivity index (χ0n) is 11.3. The van der Waals surface area contributed by atoms with Gasteiger partial charge in [0.1, 0.15) is 0 Å². The van der Waals surface area contributed by atoms with Crippen LogP contribution in [0.4, 0.5) is 13.2 Å². The molecule has 3 fully saturated rings. The fraction of sp³-hybridized carbons (Fsp3) is 0.929. The van der Waals surface area contributed by atoms with E-state index in [-0.39, 0.29) is 36.9 Å². The molecule has 2 aliphatic heterocycles. The molecule has 0 aromatic carbocycles. The SMILES string of the molecule is O=C(O)C1CC2CCC1N2C1CCC(C(F)(F)F)CC1. The molecule has 0 aromatic rings. The summed E-state index contributed by atoms with van der Waals surface area (Å²) in [5.41, 5.74) is 0. The van der Waals surface area contributed by atoms with Gasteiger partial charge in [0.05, 0.1) is 11.8 Å². The highest BCUT2D eigenvalue weighted by Gasteiger charge is 2.52. The fourth-order valence-electron chi connectivity index (χ4n) is 4.57. The van der Waals surface area contributed by atoms with Crippen LogP contribution in [0.2, 0.25) is 0 Å². The van der Waals surface area contributed by atoms with Crippen LogP contribution in [0.3, 0.4) is 0 Å². The Labute approximate surface area is 116 Å². The maximum atomic E-state index is 12.7. The number of hydrogen-bond acceptors (Lipinski definition) is 2. The summed E-state index contributed by atoms with van der Waals surface area (Å²) in [6.07, 6.45) is 0.0168. The summed E-state index contributed by atoms with van der Waals surface area (Å²) in [6.45, 7) is 0. The zero-order chi connectivity index (χ0) is 14.5. The number of nitrogens with zero attached hydrogens (tertiary/aromatic N) is 1. The molecule has 114 valence electrons. The number of aliphatic carboxylic acids is 1. The number of fused-ring (bicyclic) bond motifs is 2. The number of hydrogen-bond donors (Lipinski definition) is 1. The molecule has 3 aliphatic rings. The molecule has 6 heteroatoms. The van der Waals surface area contributed by atoms with Gasteiger partial charge in [-0.1, -0.05) is 0 Å². The van der Waals surface area contributed by atoms with E-state index in [0.29, 0.717) is 19.3 Å². The van der Waals surface area contributed by atoms with Gasteiger partial charge in [0.25, 0.3) is 0 Å². The Morgan fingerprint density at radius 2 is 1.60 bits per heavy atom. The van der Waals surface area contributed by atoms with Gasteiger partial charge in [0.15, 0.2) is 0 Å². The van der Waals surface area contributed by atoms with E-state index >= 15 is 0 Å². The maximum Gasteiger partial charge on any atom is 0.391 e. The molecule has 3 nitrogen and oxygen atoms in total. The van der Waals surface area contributed by atoms with E-state index in [1.54, 1.807) is 0 Å². The Bertz CT molecular complexity index is 390. The molecular formula is C14H20F3NO2. The highest BCUT2D eigenvalue weighted by atomic mass is 19.4. The van der Waals surface area contributed by atoms with Gasteiger partial charge in [-0.2, -0.15) is 13.2 Å². The minimum Gasteiger partial charge on any atom is -0.481 e. The van der Waals surface area contributed by atoms with E-state index in [1.807, 2.05) is 0 Å². The van der Waals surface area contributed by atoms with Gasteiger partial charge in [-0.25, -0.2) is 0 Å². The Hall–Kier alpha value is -0.780. The maximum absolute atomic E-state index is 12.7. The highest BCUT2D eigenvalue weighted by Crippen LogP contribution is 2.47. The average Bonchev–Trinajstić information content (AvgIpc) is 2.95. The molecule has 0 aromatic heterocycles. The number of carboxylic acid groups (broad SMARTS) is 1. The van der Waals surface area contributed by atoms with Crippen molar-refractivity contribution < 1.29 is 23.1 Å². The van der Waals surface area contributed by atoms with Crippen molar-refractivity contribution in [1.29, 1.82) is 0 Å². The summed E-state index contributed by atoms with van der Waals surface area (Å²) in [4.78, 5) is 13.5. The lowest BCUT2D eigenvalue weighted by molar-refractivity contribution is -0.184. The van der Waals surface area contributed by atoms with E-state index in [0.717, 1.165) is 12.8 Å². The van der Waals surface area contributed by atoms with Crippen LogP contribution in [0.1, 0.15) is 44.9 Å². The van der Waals surface area contributed by atoms with Gasteiger partial charge in [-0.3, -0.25) is 9.69 Å². The van der Waals surface area contributed by atoms with E-state index in [4.69, 9.17) is 0 Å². The van der Waals surface area contributed by atoms with Gasteiger partial charge >= 0.3 is 12.1 Å². The average molecular weight is 291 g/mol. The van der Waals surface area contributed by atoms with Gasteiger partial charge in [-0.05, 0) is 44.9 Å². The van der Waals surface area contributed by atoms with Crippen LogP contribution in [0, 0.1) is 11.8 Å². The molecule has 2 saturated heterocycles. The first kappa shape index (κ1) is 14.2. The van der Waals surface area contributed by atoms with E-state index in [2.05, 4.69) is 4.90 Å². The Morgan fingerprint density at radius 3 is 2.10 bits per heavy atom. The summed E-state index contributed by atoms with van der Waals surface area (Å²) >= 11 is 0. The second kappa shape index (κ2) is 4.90. The number of carbonyl (C=O) groups is 1. The topological polar surface area (TPSA) is 40.5 Å². The van der Waals surface area contributed by atoms with Crippen molar-refractivity contribution in [3.63, 3.8) is 0 Å². The molecule has 2 heterocycles. The predicted octanol–water partition coefficient (Wildman–Crippen LogP) is 3.05. The third-order valence-corrected chi connectivity index (χ3v) is 5.49. The van der Waals surface area contributed by atoms with Crippen molar-refractivity contribution in [2.45, 2.75) is 69.2 Å².